The van der Waals surface area contributed by atoms with Crippen molar-refractivity contribution in [3.63, 3.8) is 0 Å². The van der Waals surface area contributed by atoms with Crippen LogP contribution in [0.3, 0.4) is 0 Å². The molecule has 0 saturated carbocycles. The van der Waals surface area contributed by atoms with Crippen LogP contribution >= 0.6 is 0 Å². The van der Waals surface area contributed by atoms with Gasteiger partial charge >= 0.3 is 0 Å². The van der Waals surface area contributed by atoms with Crippen LogP contribution in [0.25, 0.3) is 0 Å². The van der Waals surface area contributed by atoms with Crippen LogP contribution in [0.15, 0.2) is 0 Å². The van der Waals surface area contributed by atoms with Crippen LogP contribution in [0.1, 0.15) is 33.6 Å². The normalized spacial score (nSPS) is 10.1. The second kappa shape index (κ2) is 6.94. The van der Waals surface area contributed by atoms with E-state index in [4.69, 9.17) is 0 Å². The maximum Gasteiger partial charge on any atom is 0.150 e. The van der Waals surface area contributed by atoms with E-state index in [0.29, 0.717) is 6.29 Å². The summed E-state index contributed by atoms with van der Waals surface area (Å²) in [4.78, 5) is 44.1. The Bertz CT molecular complexity index is 247. The molecule has 0 aliphatic heterocycles. The molecule has 82 valence electrons. The largest absolute Gasteiger partial charge is 0.303 e. The van der Waals surface area contributed by atoms with E-state index < -0.39 is 22.8 Å². The van der Waals surface area contributed by atoms with Crippen LogP contribution in [-0.4, -0.2) is 23.6 Å². The molecule has 0 radical (unpaired) electrons. The van der Waals surface area contributed by atoms with E-state index >= 15 is 0 Å². The standard InChI is InChI=1S/C10H14O4.Zr/c1-7(12)10(8(2)13,9(3)14)5-4-6-11;/h6H,4-5H2,1-3H3;. The minimum Gasteiger partial charge on any atom is -0.303 e. The zero-order chi connectivity index (χ0) is 11.4. The Balaban J connectivity index is 0. The molecule has 0 atom stereocenters. The molecule has 15 heavy (non-hydrogen) atoms. The zero-order valence-corrected chi connectivity index (χ0v) is 11.6. The van der Waals surface area contributed by atoms with Gasteiger partial charge in [0.05, 0.1) is 0 Å². The van der Waals surface area contributed by atoms with Crippen molar-refractivity contribution < 1.29 is 45.4 Å². The Morgan fingerprint density at radius 2 is 1.33 bits per heavy atom. The minimum atomic E-state index is -1.60. The van der Waals surface area contributed by atoms with E-state index in [0.717, 1.165) is 0 Å². The van der Waals surface area contributed by atoms with Crippen molar-refractivity contribution in [2.45, 2.75) is 33.6 Å². The van der Waals surface area contributed by atoms with Gasteiger partial charge in [-0.1, -0.05) is 0 Å². The quantitative estimate of drug-likeness (QED) is 0.533. The van der Waals surface area contributed by atoms with Gasteiger partial charge in [0, 0.05) is 32.6 Å². The first-order chi connectivity index (χ1) is 6.39. The second-order valence-electron chi connectivity index (χ2n) is 3.28. The fraction of sp³-hybridized carbons (Fsp3) is 0.600. The van der Waals surface area contributed by atoms with E-state index in [1.165, 1.54) is 20.8 Å². The third-order valence-corrected chi connectivity index (χ3v) is 2.44. The van der Waals surface area contributed by atoms with Gasteiger partial charge in [-0.2, -0.15) is 0 Å². The topological polar surface area (TPSA) is 68.3 Å². The molecule has 0 saturated heterocycles. The smallest absolute Gasteiger partial charge is 0.150 e. The van der Waals surface area contributed by atoms with Crippen LogP contribution in [0.5, 0.6) is 0 Å². The zero-order valence-electron chi connectivity index (χ0n) is 9.12. The molecule has 4 nitrogen and oxygen atoms in total. The molecule has 0 aromatic heterocycles. The number of hydrogen-bond acceptors (Lipinski definition) is 4. The van der Waals surface area contributed by atoms with Crippen LogP contribution in [0.2, 0.25) is 0 Å². The van der Waals surface area contributed by atoms with Gasteiger partial charge in [-0.25, -0.2) is 0 Å². The van der Waals surface area contributed by atoms with Gasteiger partial charge < -0.3 is 4.79 Å². The van der Waals surface area contributed by atoms with Crippen molar-refractivity contribution in [3.8, 4) is 0 Å². The molecule has 5 heteroatoms. The number of ketones is 3. The van der Waals surface area contributed by atoms with Crippen LogP contribution in [0.4, 0.5) is 0 Å². The minimum absolute atomic E-state index is 0. The third kappa shape index (κ3) is 3.56. The molecular weight excluding hydrogens is 275 g/mol. The maximum absolute atomic E-state index is 11.3. The predicted molar refractivity (Wildman–Crippen MR) is 49.8 cm³/mol. The summed E-state index contributed by atoms with van der Waals surface area (Å²) in [5.74, 6) is -1.46. The van der Waals surface area contributed by atoms with Crippen molar-refractivity contribution in [2.75, 3.05) is 0 Å². The Hall–Kier alpha value is -0.437. The van der Waals surface area contributed by atoms with Crippen LogP contribution < -0.4 is 0 Å². The van der Waals surface area contributed by atoms with Gasteiger partial charge in [0.25, 0.3) is 0 Å². The molecule has 0 aromatic carbocycles. The molecule has 0 spiro atoms. The Morgan fingerprint density at radius 1 is 1.00 bits per heavy atom. The molecule has 0 unspecified atom stereocenters. The Morgan fingerprint density at radius 3 is 1.53 bits per heavy atom. The number of rotatable bonds is 6. The van der Waals surface area contributed by atoms with Crippen LogP contribution in [0, 0.1) is 5.41 Å². The first-order valence-electron chi connectivity index (χ1n) is 4.36. The molecule has 0 N–H and O–H groups in total. The molecule has 0 rings (SSSR count). The molecule has 0 heterocycles. The molecule has 0 aromatic rings. The number of Topliss-reactive ketones (excluding diaryl/α,β-unsaturated/α-hetero) is 3. The van der Waals surface area contributed by atoms with Crippen molar-refractivity contribution in [3.05, 3.63) is 0 Å². The Labute approximate surface area is 108 Å². The summed E-state index contributed by atoms with van der Waals surface area (Å²) in [6.07, 6.45) is 0.624. The van der Waals surface area contributed by atoms with Crippen LogP contribution in [-0.2, 0) is 45.4 Å². The number of aldehydes is 1. The van der Waals surface area contributed by atoms with Crippen molar-refractivity contribution in [2.24, 2.45) is 5.41 Å². The fourth-order valence-corrected chi connectivity index (χ4v) is 1.55. The van der Waals surface area contributed by atoms with E-state index in [2.05, 4.69) is 0 Å². The molecule has 0 aliphatic rings. The van der Waals surface area contributed by atoms with Gasteiger partial charge in [-0.05, 0) is 27.2 Å². The Kier molecular flexibility index (Phi) is 7.85. The number of carbonyl (C=O) groups is 4. The molecule has 0 fully saturated rings. The summed E-state index contributed by atoms with van der Waals surface area (Å²) in [7, 11) is 0. The van der Waals surface area contributed by atoms with E-state index in [9.17, 15) is 19.2 Å². The van der Waals surface area contributed by atoms with Gasteiger partial charge in [0.2, 0.25) is 0 Å². The van der Waals surface area contributed by atoms with Gasteiger partial charge in [-0.15, -0.1) is 0 Å². The first-order valence-corrected chi connectivity index (χ1v) is 4.36. The summed E-state index contributed by atoms with van der Waals surface area (Å²) in [6.45, 7) is 3.61. The maximum atomic E-state index is 11.3. The van der Waals surface area contributed by atoms with Gasteiger partial charge in [0.15, 0.2) is 17.3 Å². The van der Waals surface area contributed by atoms with Gasteiger partial charge in [-0.3, -0.25) is 14.4 Å². The SMILES string of the molecule is CC(=O)C(CCC=O)(C(C)=O)C(C)=O.[Zr]. The first kappa shape index (κ1) is 17.0. The van der Waals surface area contributed by atoms with E-state index in [1.807, 2.05) is 0 Å². The summed E-state index contributed by atoms with van der Waals surface area (Å²) in [6, 6.07) is 0. The number of hydrogen-bond donors (Lipinski definition) is 0. The molecular formula is C10H14O4Zr. The third-order valence-electron chi connectivity index (χ3n) is 2.44. The number of carbonyl (C=O) groups excluding carboxylic acids is 4. The summed E-state index contributed by atoms with van der Waals surface area (Å²) >= 11 is 0. The molecule has 0 bridgehead atoms. The predicted octanol–water partition coefficient (Wildman–Crippen LogP) is 0.716. The summed E-state index contributed by atoms with van der Waals surface area (Å²) in [5.41, 5.74) is -1.60. The summed E-state index contributed by atoms with van der Waals surface area (Å²) < 4.78 is 0. The summed E-state index contributed by atoms with van der Waals surface area (Å²) in [5, 5.41) is 0. The van der Waals surface area contributed by atoms with Gasteiger partial charge in [0.1, 0.15) is 11.7 Å². The monoisotopic (exact) mass is 288 g/mol. The molecule has 0 amide bonds. The second-order valence-corrected chi connectivity index (χ2v) is 3.28. The average Bonchev–Trinajstić information content (AvgIpc) is 2.03. The van der Waals surface area contributed by atoms with Crippen molar-refractivity contribution in [1.82, 2.24) is 0 Å². The van der Waals surface area contributed by atoms with E-state index in [-0.39, 0.29) is 39.0 Å². The fourth-order valence-electron chi connectivity index (χ4n) is 1.55. The van der Waals surface area contributed by atoms with Crippen molar-refractivity contribution >= 4 is 23.6 Å². The molecule has 0 aliphatic carbocycles. The average molecular weight is 289 g/mol. The van der Waals surface area contributed by atoms with Crippen molar-refractivity contribution in [1.29, 1.82) is 0 Å². The van der Waals surface area contributed by atoms with E-state index in [1.54, 1.807) is 0 Å².